The Morgan fingerprint density at radius 3 is 2.41 bits per heavy atom. The summed E-state index contributed by atoms with van der Waals surface area (Å²) in [5.41, 5.74) is 0. The van der Waals surface area contributed by atoms with Crippen LogP contribution in [0.5, 0.6) is 0 Å². The number of hydrogen-bond donors (Lipinski definition) is 2. The van der Waals surface area contributed by atoms with Crippen LogP contribution in [0.25, 0.3) is 0 Å². The van der Waals surface area contributed by atoms with Gasteiger partial charge in [0.2, 0.25) is 5.91 Å². The average molecular weight is 242 g/mol. The largest absolute Gasteiger partial charge is 0.375 e. The van der Waals surface area contributed by atoms with Crippen LogP contribution in [0.1, 0.15) is 40.5 Å². The molecule has 0 radical (unpaired) electrons. The molecule has 1 aliphatic rings. The molecule has 1 aliphatic heterocycles. The third-order valence-corrected chi connectivity index (χ3v) is 2.96. The lowest BCUT2D eigenvalue weighted by Gasteiger charge is -2.32. The predicted octanol–water partition coefficient (Wildman–Crippen LogP) is 1.30. The molecule has 2 atom stereocenters. The Labute approximate surface area is 104 Å². The minimum atomic E-state index is 0.0884. The normalized spacial score (nSPS) is 29.4. The number of amides is 1. The van der Waals surface area contributed by atoms with Gasteiger partial charge in [0.15, 0.2) is 0 Å². The number of nitrogens with one attached hydrogen (secondary N) is 2. The standard InChI is InChI=1S/C13H26N2O2/c1-9(2)7-15-13(16)8-14-12-5-10(3)17-11(4)6-12/h9-12,14H,5-8H2,1-4H3,(H,15,16). The van der Waals surface area contributed by atoms with Crippen molar-refractivity contribution in [3.8, 4) is 0 Å². The van der Waals surface area contributed by atoms with E-state index in [1.54, 1.807) is 0 Å². The Balaban J connectivity index is 2.18. The van der Waals surface area contributed by atoms with Crippen molar-refractivity contribution in [1.29, 1.82) is 0 Å². The van der Waals surface area contributed by atoms with Crippen molar-refractivity contribution in [3.63, 3.8) is 0 Å². The maximum Gasteiger partial charge on any atom is 0.233 e. The molecule has 1 amide bonds. The fraction of sp³-hybridized carbons (Fsp3) is 0.923. The molecule has 0 aromatic heterocycles. The van der Waals surface area contributed by atoms with Crippen LogP contribution in [0.15, 0.2) is 0 Å². The van der Waals surface area contributed by atoms with Crippen LogP contribution in [0.2, 0.25) is 0 Å². The van der Waals surface area contributed by atoms with Crippen molar-refractivity contribution in [3.05, 3.63) is 0 Å². The monoisotopic (exact) mass is 242 g/mol. The number of carbonyl (C=O) groups is 1. The van der Waals surface area contributed by atoms with Gasteiger partial charge in [0, 0.05) is 12.6 Å². The van der Waals surface area contributed by atoms with E-state index in [1.807, 2.05) is 0 Å². The van der Waals surface area contributed by atoms with Crippen molar-refractivity contribution in [2.24, 2.45) is 5.92 Å². The highest BCUT2D eigenvalue weighted by atomic mass is 16.5. The predicted molar refractivity (Wildman–Crippen MR) is 68.9 cm³/mol. The van der Waals surface area contributed by atoms with Gasteiger partial charge in [0.1, 0.15) is 0 Å². The van der Waals surface area contributed by atoms with E-state index >= 15 is 0 Å². The van der Waals surface area contributed by atoms with Gasteiger partial charge in [0.25, 0.3) is 0 Å². The first-order chi connectivity index (χ1) is 7.97. The molecule has 4 heteroatoms. The molecule has 0 spiro atoms. The van der Waals surface area contributed by atoms with Gasteiger partial charge in [-0.3, -0.25) is 4.79 Å². The third kappa shape index (κ3) is 6.03. The van der Waals surface area contributed by atoms with E-state index in [0.717, 1.165) is 19.4 Å². The summed E-state index contributed by atoms with van der Waals surface area (Å²) in [5, 5.41) is 6.23. The van der Waals surface area contributed by atoms with Gasteiger partial charge in [-0.05, 0) is 32.6 Å². The fourth-order valence-electron chi connectivity index (χ4n) is 2.19. The van der Waals surface area contributed by atoms with Crippen LogP contribution in [-0.2, 0) is 9.53 Å². The first-order valence-electron chi connectivity index (χ1n) is 6.63. The molecule has 1 heterocycles. The summed E-state index contributed by atoms with van der Waals surface area (Å²) in [4.78, 5) is 11.5. The van der Waals surface area contributed by atoms with Crippen LogP contribution in [0.3, 0.4) is 0 Å². The van der Waals surface area contributed by atoms with E-state index in [9.17, 15) is 4.79 Å². The Hall–Kier alpha value is -0.610. The van der Waals surface area contributed by atoms with Gasteiger partial charge in [-0.2, -0.15) is 0 Å². The molecule has 2 N–H and O–H groups in total. The zero-order chi connectivity index (χ0) is 12.8. The van der Waals surface area contributed by atoms with E-state index in [0.29, 0.717) is 18.5 Å². The minimum absolute atomic E-state index is 0.0884. The molecule has 0 aromatic carbocycles. The molecule has 0 bridgehead atoms. The summed E-state index contributed by atoms with van der Waals surface area (Å²) in [7, 11) is 0. The molecule has 2 unspecified atom stereocenters. The SMILES string of the molecule is CC(C)CNC(=O)CNC1CC(C)OC(C)C1. The molecular weight excluding hydrogens is 216 g/mol. The smallest absolute Gasteiger partial charge is 0.233 e. The second-order valence-electron chi connectivity index (χ2n) is 5.50. The maximum atomic E-state index is 11.5. The lowest BCUT2D eigenvalue weighted by atomic mass is 10.00. The molecule has 17 heavy (non-hydrogen) atoms. The molecule has 1 saturated heterocycles. The molecule has 0 saturated carbocycles. The molecule has 4 nitrogen and oxygen atoms in total. The van der Waals surface area contributed by atoms with Gasteiger partial charge in [-0.15, -0.1) is 0 Å². The fourth-order valence-corrected chi connectivity index (χ4v) is 2.19. The van der Waals surface area contributed by atoms with Gasteiger partial charge in [-0.25, -0.2) is 0 Å². The van der Waals surface area contributed by atoms with Crippen molar-refractivity contribution < 1.29 is 9.53 Å². The maximum absolute atomic E-state index is 11.5. The van der Waals surface area contributed by atoms with Gasteiger partial charge >= 0.3 is 0 Å². The number of carbonyl (C=O) groups excluding carboxylic acids is 1. The Kier molecular flexibility index (Phi) is 5.92. The van der Waals surface area contributed by atoms with Crippen molar-refractivity contribution in [1.82, 2.24) is 10.6 Å². The lowest BCUT2D eigenvalue weighted by Crippen LogP contribution is -2.45. The molecule has 0 aromatic rings. The summed E-state index contributed by atoms with van der Waals surface area (Å²) in [5.74, 6) is 0.590. The highest BCUT2D eigenvalue weighted by Crippen LogP contribution is 2.18. The molecule has 1 rings (SSSR count). The highest BCUT2D eigenvalue weighted by molar-refractivity contribution is 5.77. The first-order valence-corrected chi connectivity index (χ1v) is 6.63. The van der Waals surface area contributed by atoms with Gasteiger partial charge < -0.3 is 15.4 Å². The molecule has 0 aliphatic carbocycles. The summed E-state index contributed by atoms with van der Waals surface area (Å²) in [6.07, 6.45) is 2.55. The van der Waals surface area contributed by atoms with E-state index in [-0.39, 0.29) is 18.1 Å². The number of rotatable bonds is 5. The number of hydrogen-bond acceptors (Lipinski definition) is 3. The first kappa shape index (κ1) is 14.5. The summed E-state index contributed by atoms with van der Waals surface area (Å²) < 4.78 is 5.66. The zero-order valence-electron chi connectivity index (χ0n) is 11.5. The second-order valence-corrected chi connectivity index (χ2v) is 5.50. The van der Waals surface area contributed by atoms with E-state index in [2.05, 4.69) is 38.3 Å². The average Bonchev–Trinajstić information content (AvgIpc) is 2.22. The zero-order valence-corrected chi connectivity index (χ0v) is 11.5. The topological polar surface area (TPSA) is 50.4 Å². The van der Waals surface area contributed by atoms with Crippen molar-refractivity contribution in [2.45, 2.75) is 58.8 Å². The lowest BCUT2D eigenvalue weighted by molar-refractivity contribution is -0.120. The summed E-state index contributed by atoms with van der Waals surface area (Å²) >= 11 is 0. The van der Waals surface area contributed by atoms with Gasteiger partial charge in [0.05, 0.1) is 18.8 Å². The Morgan fingerprint density at radius 1 is 1.29 bits per heavy atom. The highest BCUT2D eigenvalue weighted by Gasteiger charge is 2.24. The van der Waals surface area contributed by atoms with E-state index in [4.69, 9.17) is 4.74 Å². The van der Waals surface area contributed by atoms with Crippen LogP contribution < -0.4 is 10.6 Å². The summed E-state index contributed by atoms with van der Waals surface area (Å²) in [6, 6.07) is 0.401. The Bertz CT molecular complexity index is 234. The van der Waals surface area contributed by atoms with E-state index in [1.165, 1.54) is 0 Å². The third-order valence-electron chi connectivity index (χ3n) is 2.96. The number of ether oxygens (including phenoxy) is 1. The van der Waals surface area contributed by atoms with Crippen molar-refractivity contribution >= 4 is 5.91 Å². The van der Waals surface area contributed by atoms with Gasteiger partial charge in [-0.1, -0.05) is 13.8 Å². The van der Waals surface area contributed by atoms with Crippen LogP contribution in [-0.4, -0.2) is 37.2 Å². The van der Waals surface area contributed by atoms with Crippen molar-refractivity contribution in [2.75, 3.05) is 13.1 Å². The quantitative estimate of drug-likeness (QED) is 0.764. The van der Waals surface area contributed by atoms with Crippen LogP contribution in [0.4, 0.5) is 0 Å². The second kappa shape index (κ2) is 6.97. The van der Waals surface area contributed by atoms with Crippen LogP contribution >= 0.6 is 0 Å². The molecule has 1 fully saturated rings. The Morgan fingerprint density at radius 2 is 1.88 bits per heavy atom. The van der Waals surface area contributed by atoms with E-state index < -0.39 is 0 Å². The summed E-state index contributed by atoms with van der Waals surface area (Å²) in [6.45, 7) is 9.52. The molecule has 100 valence electrons. The molecular formula is C13H26N2O2. The van der Waals surface area contributed by atoms with Crippen LogP contribution in [0, 0.1) is 5.92 Å². The minimum Gasteiger partial charge on any atom is -0.375 e.